The maximum absolute atomic E-state index is 12.4. The Morgan fingerprint density at radius 1 is 1.09 bits per heavy atom. The standard InChI is InChI=1S/C31H33ClN4O7/c1-4-41-26-15-21(29-28(30(38)40-3)19(2)34-31(39)35-29)12-13-25(26)43-18-27(37)36-33-16-20-8-7-10-23(14-20)42-17-22-9-5-6-11-24(22)32/h5-16,27,29,36-37H,4,17-18H2,1-3H3,(H2,34,35,39)/b33-16+/t27-,29+/m0/s1. The Labute approximate surface area is 254 Å². The number of hydrogen-bond acceptors (Lipinski definition) is 9. The van der Waals surface area contributed by atoms with E-state index in [0.717, 1.165) is 11.1 Å². The van der Waals surface area contributed by atoms with Crippen LogP contribution in [0.3, 0.4) is 0 Å². The number of esters is 1. The van der Waals surface area contributed by atoms with Gasteiger partial charge in [0.25, 0.3) is 0 Å². The molecule has 2 amide bonds. The molecule has 0 unspecified atom stereocenters. The highest BCUT2D eigenvalue weighted by molar-refractivity contribution is 6.31. The average Bonchev–Trinajstić information content (AvgIpc) is 2.99. The van der Waals surface area contributed by atoms with Crippen LogP contribution in [0.1, 0.15) is 36.6 Å². The molecule has 0 fully saturated rings. The minimum Gasteiger partial charge on any atom is -0.490 e. The zero-order chi connectivity index (χ0) is 30.8. The van der Waals surface area contributed by atoms with Gasteiger partial charge in [-0.25, -0.2) is 9.59 Å². The van der Waals surface area contributed by atoms with Crippen LogP contribution in [0.4, 0.5) is 4.79 Å². The molecule has 226 valence electrons. The molecule has 0 spiro atoms. The van der Waals surface area contributed by atoms with E-state index in [2.05, 4.69) is 21.2 Å². The van der Waals surface area contributed by atoms with Gasteiger partial charge in [-0.3, -0.25) is 5.43 Å². The second-order valence-electron chi connectivity index (χ2n) is 9.37. The van der Waals surface area contributed by atoms with Crippen LogP contribution in [-0.2, 0) is 16.1 Å². The maximum atomic E-state index is 12.4. The predicted octanol–water partition coefficient (Wildman–Crippen LogP) is 4.44. The van der Waals surface area contributed by atoms with Crippen LogP contribution in [-0.4, -0.2) is 49.9 Å². The van der Waals surface area contributed by atoms with Gasteiger partial charge >= 0.3 is 12.0 Å². The molecule has 0 radical (unpaired) electrons. The van der Waals surface area contributed by atoms with Crippen LogP contribution in [0, 0.1) is 0 Å². The largest absolute Gasteiger partial charge is 0.490 e. The van der Waals surface area contributed by atoms with E-state index in [9.17, 15) is 14.7 Å². The van der Waals surface area contributed by atoms with Gasteiger partial charge in [-0.15, -0.1) is 0 Å². The minimum atomic E-state index is -1.13. The molecule has 1 heterocycles. The lowest BCUT2D eigenvalue weighted by molar-refractivity contribution is -0.136. The number of amides is 2. The number of hydrogen-bond donors (Lipinski definition) is 4. The van der Waals surface area contributed by atoms with Crippen molar-refractivity contribution in [3.05, 3.63) is 99.7 Å². The highest BCUT2D eigenvalue weighted by atomic mass is 35.5. The SMILES string of the molecule is CCOc1cc([C@H]2NC(=O)NC(C)=C2C(=O)OC)ccc1OC[C@H](O)N/N=C/c1cccc(OCc2ccccc2Cl)c1. The lowest BCUT2D eigenvalue weighted by Gasteiger charge is -2.28. The normalized spacial score (nSPS) is 15.4. The quantitative estimate of drug-likeness (QED) is 0.0967. The Morgan fingerprint density at radius 2 is 1.91 bits per heavy atom. The number of urea groups is 1. The molecule has 0 saturated heterocycles. The molecule has 43 heavy (non-hydrogen) atoms. The van der Waals surface area contributed by atoms with Crippen LogP contribution in [0.2, 0.25) is 5.02 Å². The lowest BCUT2D eigenvalue weighted by atomic mass is 9.95. The molecule has 1 aliphatic heterocycles. The van der Waals surface area contributed by atoms with Crippen LogP contribution < -0.4 is 30.3 Å². The zero-order valence-electron chi connectivity index (χ0n) is 23.9. The first-order chi connectivity index (χ1) is 20.8. The number of hydrazone groups is 1. The number of aliphatic hydroxyl groups is 1. The molecule has 12 heteroatoms. The number of carbonyl (C=O) groups is 2. The number of allylic oxidation sites excluding steroid dienone is 1. The summed E-state index contributed by atoms with van der Waals surface area (Å²) in [6, 6.07) is 18.6. The van der Waals surface area contributed by atoms with Gasteiger partial charge in [-0.05, 0) is 55.3 Å². The highest BCUT2D eigenvalue weighted by Gasteiger charge is 2.32. The molecule has 3 aromatic rings. The van der Waals surface area contributed by atoms with Gasteiger partial charge < -0.3 is 34.7 Å². The van der Waals surface area contributed by atoms with E-state index in [1.165, 1.54) is 7.11 Å². The summed E-state index contributed by atoms with van der Waals surface area (Å²) in [6.07, 6.45) is 0.415. The van der Waals surface area contributed by atoms with E-state index in [1.54, 1.807) is 31.3 Å². The topological polar surface area (TPSA) is 140 Å². The second-order valence-corrected chi connectivity index (χ2v) is 9.77. The van der Waals surface area contributed by atoms with E-state index in [0.29, 0.717) is 46.7 Å². The summed E-state index contributed by atoms with van der Waals surface area (Å²) in [5, 5.41) is 20.5. The third kappa shape index (κ3) is 8.40. The Morgan fingerprint density at radius 3 is 2.67 bits per heavy atom. The fraction of sp³-hybridized carbons (Fsp3) is 0.258. The van der Waals surface area contributed by atoms with Crippen molar-refractivity contribution in [3.8, 4) is 17.2 Å². The minimum absolute atomic E-state index is 0.145. The van der Waals surface area contributed by atoms with Crippen molar-refractivity contribution in [2.24, 2.45) is 5.10 Å². The Hall–Kier alpha value is -4.74. The molecular formula is C31H33ClN4O7. The summed E-state index contributed by atoms with van der Waals surface area (Å²) in [4.78, 5) is 24.6. The number of nitrogens with one attached hydrogen (secondary N) is 3. The molecular weight excluding hydrogens is 576 g/mol. The molecule has 1 aliphatic rings. The van der Waals surface area contributed by atoms with E-state index < -0.39 is 24.3 Å². The Kier molecular flexibility index (Phi) is 10.8. The first-order valence-corrected chi connectivity index (χ1v) is 13.9. The van der Waals surface area contributed by atoms with Crippen molar-refractivity contribution in [1.29, 1.82) is 0 Å². The fourth-order valence-corrected chi connectivity index (χ4v) is 4.47. The summed E-state index contributed by atoms with van der Waals surface area (Å²) < 4.78 is 22.3. The van der Waals surface area contributed by atoms with Gasteiger partial charge in [0.15, 0.2) is 17.7 Å². The number of nitrogens with zero attached hydrogens (tertiary/aromatic N) is 1. The van der Waals surface area contributed by atoms with Gasteiger partial charge in [-0.2, -0.15) is 5.10 Å². The molecule has 4 rings (SSSR count). The molecule has 0 aromatic heterocycles. The van der Waals surface area contributed by atoms with Gasteiger partial charge in [0.2, 0.25) is 0 Å². The van der Waals surface area contributed by atoms with Crippen LogP contribution in [0.25, 0.3) is 0 Å². The van der Waals surface area contributed by atoms with E-state index in [-0.39, 0.29) is 12.2 Å². The Balaban J connectivity index is 1.36. The van der Waals surface area contributed by atoms with Gasteiger partial charge in [-0.1, -0.05) is 48.0 Å². The monoisotopic (exact) mass is 608 g/mol. The second kappa shape index (κ2) is 14.9. The van der Waals surface area contributed by atoms with Crippen molar-refractivity contribution < 1.29 is 33.6 Å². The van der Waals surface area contributed by atoms with Crippen molar-refractivity contribution in [2.45, 2.75) is 32.7 Å². The van der Waals surface area contributed by atoms with Crippen molar-refractivity contribution >= 4 is 29.8 Å². The van der Waals surface area contributed by atoms with Gasteiger partial charge in [0.1, 0.15) is 19.0 Å². The number of aliphatic hydroxyl groups excluding tert-OH is 1. The summed E-state index contributed by atoms with van der Waals surface area (Å²) in [5.41, 5.74) is 5.52. The number of benzene rings is 3. The van der Waals surface area contributed by atoms with E-state index in [4.69, 9.17) is 30.5 Å². The van der Waals surface area contributed by atoms with Gasteiger partial charge in [0.05, 0.1) is 31.5 Å². The molecule has 0 saturated carbocycles. The first kappa shape index (κ1) is 31.2. The van der Waals surface area contributed by atoms with Crippen LogP contribution in [0.15, 0.2) is 83.1 Å². The Bertz CT molecular complexity index is 1510. The van der Waals surface area contributed by atoms with Crippen molar-refractivity contribution in [3.63, 3.8) is 0 Å². The number of methoxy groups -OCH3 is 1. The summed E-state index contributed by atoms with van der Waals surface area (Å²) in [6.45, 7) is 3.96. The first-order valence-electron chi connectivity index (χ1n) is 13.5. The third-order valence-corrected chi connectivity index (χ3v) is 6.69. The summed E-state index contributed by atoms with van der Waals surface area (Å²) in [5.74, 6) is 0.811. The number of carbonyl (C=O) groups excluding carboxylic acids is 2. The molecule has 0 bridgehead atoms. The van der Waals surface area contributed by atoms with Crippen molar-refractivity contribution in [1.82, 2.24) is 16.1 Å². The average molecular weight is 609 g/mol. The summed E-state index contributed by atoms with van der Waals surface area (Å²) in [7, 11) is 1.28. The zero-order valence-corrected chi connectivity index (χ0v) is 24.7. The van der Waals surface area contributed by atoms with Crippen LogP contribution in [0.5, 0.6) is 17.2 Å². The van der Waals surface area contributed by atoms with E-state index in [1.807, 2.05) is 55.5 Å². The van der Waals surface area contributed by atoms with Gasteiger partial charge in [0, 0.05) is 16.3 Å². The molecule has 0 aliphatic carbocycles. The van der Waals surface area contributed by atoms with Crippen LogP contribution >= 0.6 is 11.6 Å². The molecule has 4 N–H and O–H groups in total. The number of ether oxygens (including phenoxy) is 4. The third-order valence-electron chi connectivity index (χ3n) is 6.32. The summed E-state index contributed by atoms with van der Waals surface area (Å²) >= 11 is 6.20. The fourth-order valence-electron chi connectivity index (χ4n) is 4.28. The maximum Gasteiger partial charge on any atom is 0.337 e. The molecule has 2 atom stereocenters. The highest BCUT2D eigenvalue weighted by Crippen LogP contribution is 2.35. The molecule has 11 nitrogen and oxygen atoms in total. The predicted molar refractivity (Wildman–Crippen MR) is 161 cm³/mol. The number of halogens is 1. The molecule has 3 aromatic carbocycles. The van der Waals surface area contributed by atoms with Crippen molar-refractivity contribution in [2.75, 3.05) is 20.3 Å². The van der Waals surface area contributed by atoms with E-state index >= 15 is 0 Å². The number of rotatable bonds is 13. The lowest BCUT2D eigenvalue weighted by Crippen LogP contribution is -2.45. The smallest absolute Gasteiger partial charge is 0.337 e.